The molecule has 1 atom stereocenters. The molecule has 0 aromatic heterocycles. The van der Waals surface area contributed by atoms with Crippen molar-refractivity contribution in [1.29, 1.82) is 0 Å². The van der Waals surface area contributed by atoms with Gasteiger partial charge < -0.3 is 0 Å². The molecule has 94 valence electrons. The van der Waals surface area contributed by atoms with E-state index in [9.17, 15) is 0 Å². The number of hydrogen-bond acceptors (Lipinski definition) is 3. The van der Waals surface area contributed by atoms with E-state index in [4.69, 9.17) is 12.2 Å². The molecular formula is C10H17N4S2Se+. The van der Waals surface area contributed by atoms with Gasteiger partial charge in [0, 0.05) is 0 Å². The summed E-state index contributed by atoms with van der Waals surface area (Å²) in [4.78, 5) is 4.88. The molecule has 3 rings (SSSR count). The van der Waals surface area contributed by atoms with Crippen LogP contribution in [0.15, 0.2) is 0 Å². The van der Waals surface area contributed by atoms with Crippen molar-refractivity contribution in [3.8, 4) is 0 Å². The van der Waals surface area contributed by atoms with E-state index >= 15 is 0 Å². The first-order chi connectivity index (χ1) is 8.16. The number of rotatable bonds is 1. The van der Waals surface area contributed by atoms with Crippen LogP contribution in [-0.4, -0.2) is 79.1 Å². The van der Waals surface area contributed by atoms with Crippen LogP contribution in [0.3, 0.4) is 0 Å². The van der Waals surface area contributed by atoms with Crippen molar-refractivity contribution in [2.45, 2.75) is 13.3 Å². The Morgan fingerprint density at radius 1 is 1.41 bits per heavy atom. The Morgan fingerprint density at radius 3 is 2.82 bits per heavy atom. The molecule has 0 aromatic carbocycles. The van der Waals surface area contributed by atoms with E-state index in [1.165, 1.54) is 16.3 Å². The fraction of sp³-hybridized carbons (Fsp3) is 0.700. The number of thiocarbonyl (C=S) groups is 1. The van der Waals surface area contributed by atoms with Gasteiger partial charge in [-0.2, -0.15) is 0 Å². The van der Waals surface area contributed by atoms with Crippen LogP contribution in [-0.2, 0) is 0 Å². The van der Waals surface area contributed by atoms with Crippen LogP contribution in [0, 0.1) is 0 Å². The van der Waals surface area contributed by atoms with Crippen LogP contribution in [0.2, 0.25) is 0 Å². The van der Waals surface area contributed by atoms with E-state index in [0.29, 0.717) is 0 Å². The molecule has 17 heavy (non-hydrogen) atoms. The third-order valence-electron chi connectivity index (χ3n) is 3.18. The molecule has 3 heterocycles. The summed E-state index contributed by atoms with van der Waals surface area (Å²) in [5, 5.41) is 2.47. The number of hydrogen-bond donors (Lipinski definition) is 0. The number of amidine groups is 1. The molecule has 3 aliphatic rings. The quantitative estimate of drug-likeness (QED) is 0.498. The van der Waals surface area contributed by atoms with E-state index in [1.54, 1.807) is 0 Å². The second-order valence-electron chi connectivity index (χ2n) is 4.20. The normalized spacial score (nSPS) is 27.5. The minimum absolute atomic E-state index is 1.03. The molecule has 1 fully saturated rings. The van der Waals surface area contributed by atoms with Gasteiger partial charge in [0.2, 0.25) is 0 Å². The molecule has 0 amide bonds. The average molecular weight is 336 g/mol. The van der Waals surface area contributed by atoms with Gasteiger partial charge in [-0.05, 0) is 0 Å². The van der Waals surface area contributed by atoms with Crippen molar-refractivity contribution in [2.75, 3.05) is 32.9 Å². The monoisotopic (exact) mass is 337 g/mol. The number of thioether (sulfide) groups is 1. The first kappa shape index (κ1) is 12.0. The Balaban J connectivity index is 2.07. The van der Waals surface area contributed by atoms with Crippen molar-refractivity contribution >= 4 is 52.8 Å². The average Bonchev–Trinajstić information content (AvgIpc) is 2.75. The molecule has 0 radical (unpaired) electrons. The molecular weight excluding hydrogens is 319 g/mol. The van der Waals surface area contributed by atoms with Crippen molar-refractivity contribution in [1.82, 2.24) is 13.7 Å². The summed E-state index contributed by atoms with van der Waals surface area (Å²) in [7, 11) is 4.39. The second-order valence-corrected chi connectivity index (χ2v) is 9.97. The van der Waals surface area contributed by atoms with Crippen LogP contribution in [0.1, 0.15) is 13.3 Å². The molecule has 0 aliphatic carbocycles. The Hall–Kier alpha value is -0.101. The zero-order valence-electron chi connectivity index (χ0n) is 10.3. The summed E-state index contributed by atoms with van der Waals surface area (Å²) in [5.74, 6) is 1.14. The summed E-state index contributed by atoms with van der Waals surface area (Å²) in [6, 6.07) is 0. The first-order valence-electron chi connectivity index (χ1n) is 5.84. The summed E-state index contributed by atoms with van der Waals surface area (Å²) >= 11 is 6.44. The molecule has 0 saturated carbocycles. The molecule has 0 bridgehead atoms. The van der Waals surface area contributed by atoms with E-state index in [-0.39, 0.29) is 0 Å². The van der Waals surface area contributed by atoms with Crippen molar-refractivity contribution in [2.24, 2.45) is 0 Å². The van der Waals surface area contributed by atoms with Gasteiger partial charge in [-0.1, -0.05) is 0 Å². The first-order valence-corrected chi connectivity index (χ1v) is 9.62. The van der Waals surface area contributed by atoms with Gasteiger partial charge >= 0.3 is 116 Å². The van der Waals surface area contributed by atoms with Crippen molar-refractivity contribution in [3.63, 3.8) is 0 Å². The molecule has 1 unspecified atom stereocenters. The summed E-state index contributed by atoms with van der Waals surface area (Å²) in [6.07, 6.45) is 1.21. The van der Waals surface area contributed by atoms with E-state index in [0.717, 1.165) is 24.0 Å². The number of nitrogens with zero attached hydrogens (tertiary/aromatic N) is 4. The Labute approximate surface area is 116 Å². The maximum atomic E-state index is 5.55. The van der Waals surface area contributed by atoms with Gasteiger partial charge in [0.15, 0.2) is 0 Å². The van der Waals surface area contributed by atoms with Crippen LogP contribution >= 0.6 is 24.0 Å². The van der Waals surface area contributed by atoms with E-state index in [2.05, 4.69) is 38.3 Å². The SMILES string of the molecule is CCSC1=[N+](C)[Se]2=C3N(CCCN13)C(=S)N2C. The fourth-order valence-electron chi connectivity index (χ4n) is 2.49. The van der Waals surface area contributed by atoms with E-state index < -0.39 is 13.9 Å². The maximum absolute atomic E-state index is 5.55. The zero-order valence-corrected chi connectivity index (χ0v) is 13.7. The van der Waals surface area contributed by atoms with Gasteiger partial charge in [-0.3, -0.25) is 0 Å². The second kappa shape index (κ2) is 4.23. The van der Waals surface area contributed by atoms with Gasteiger partial charge in [0.25, 0.3) is 0 Å². The topological polar surface area (TPSA) is 12.7 Å². The van der Waals surface area contributed by atoms with Gasteiger partial charge in [-0.25, -0.2) is 0 Å². The Kier molecular flexibility index (Phi) is 2.97. The molecule has 0 spiro atoms. The van der Waals surface area contributed by atoms with Crippen molar-refractivity contribution < 1.29 is 3.59 Å². The van der Waals surface area contributed by atoms with E-state index in [1.807, 2.05) is 11.8 Å². The molecule has 0 N–H and O–H groups in total. The van der Waals surface area contributed by atoms with Gasteiger partial charge in [0.05, 0.1) is 0 Å². The summed E-state index contributed by atoms with van der Waals surface area (Å²) in [6.45, 7) is 4.49. The standard InChI is InChI=1S/C10H17N4S2Se/c1-4-16-9-12(3)17-10-13(8(15)11(17)2)6-5-7-14(9)10/h4-7H2,1-3H3/q+1. The predicted octanol–water partition coefficient (Wildman–Crippen LogP) is 0.147. The predicted molar refractivity (Wildman–Crippen MR) is 78.5 cm³/mol. The zero-order chi connectivity index (χ0) is 12.2. The fourth-order valence-corrected chi connectivity index (χ4v) is 9.17. The minimum atomic E-state index is -1.07. The van der Waals surface area contributed by atoms with Crippen molar-refractivity contribution in [3.05, 3.63) is 0 Å². The molecule has 0 aromatic rings. The van der Waals surface area contributed by atoms with Gasteiger partial charge in [0.1, 0.15) is 0 Å². The van der Waals surface area contributed by atoms with Crippen LogP contribution < -0.4 is 0 Å². The summed E-state index contributed by atoms with van der Waals surface area (Å²) < 4.78 is 6.33. The molecule has 7 heteroatoms. The van der Waals surface area contributed by atoms with Crippen LogP contribution in [0.4, 0.5) is 0 Å². The third kappa shape index (κ3) is 1.52. The summed E-state index contributed by atoms with van der Waals surface area (Å²) in [5.41, 5.74) is 0. The third-order valence-corrected chi connectivity index (χ3v) is 9.75. The molecule has 3 aliphatic heterocycles. The Bertz CT molecular complexity index is 459. The molecule has 1 saturated heterocycles. The van der Waals surface area contributed by atoms with Gasteiger partial charge in [-0.15, -0.1) is 0 Å². The Morgan fingerprint density at radius 2 is 2.12 bits per heavy atom. The molecule has 4 nitrogen and oxygen atoms in total. The van der Waals surface area contributed by atoms with Crippen LogP contribution in [0.25, 0.3) is 0 Å². The van der Waals surface area contributed by atoms with Crippen LogP contribution in [0.5, 0.6) is 0 Å².